The summed E-state index contributed by atoms with van der Waals surface area (Å²) in [4.78, 5) is 4.18. The maximum atomic E-state index is 13.0. The summed E-state index contributed by atoms with van der Waals surface area (Å²) in [5, 5.41) is 13.5. The van der Waals surface area contributed by atoms with Crippen molar-refractivity contribution in [3.05, 3.63) is 47.9 Å². The fourth-order valence-corrected chi connectivity index (χ4v) is 1.50. The van der Waals surface area contributed by atoms with E-state index >= 15 is 0 Å². The van der Waals surface area contributed by atoms with Gasteiger partial charge in [0.2, 0.25) is 5.95 Å². The van der Waals surface area contributed by atoms with Crippen LogP contribution in [0.5, 0.6) is 0 Å². The zero-order chi connectivity index (χ0) is 13.7. The van der Waals surface area contributed by atoms with E-state index < -0.39 is 5.82 Å². The smallest absolute Gasteiger partial charge is 0.249 e. The molecule has 0 radical (unpaired) electrons. The molecule has 1 heterocycles. The second-order valence-electron chi connectivity index (χ2n) is 3.59. The van der Waals surface area contributed by atoms with Gasteiger partial charge in [0.05, 0.1) is 11.2 Å². The highest BCUT2D eigenvalue weighted by molar-refractivity contribution is 6.31. The summed E-state index contributed by atoms with van der Waals surface area (Å²) in [6, 6.07) is 4.25. The molecule has 0 atom stereocenters. The lowest BCUT2D eigenvalue weighted by atomic mass is 10.3. The SMILES string of the molecule is C=CCNc1cnnc(Nc2ccc(F)c(Cl)c2)n1. The number of hydrogen-bond acceptors (Lipinski definition) is 5. The number of hydrogen-bond donors (Lipinski definition) is 2. The third kappa shape index (κ3) is 3.62. The first-order valence-electron chi connectivity index (χ1n) is 5.45. The minimum absolute atomic E-state index is 0.0268. The second kappa shape index (κ2) is 6.10. The molecule has 2 rings (SSSR count). The molecular weight excluding hydrogens is 269 g/mol. The van der Waals surface area contributed by atoms with Gasteiger partial charge in [-0.2, -0.15) is 10.1 Å². The van der Waals surface area contributed by atoms with Gasteiger partial charge in [0.15, 0.2) is 5.82 Å². The van der Waals surface area contributed by atoms with Gasteiger partial charge in [-0.25, -0.2) is 4.39 Å². The second-order valence-corrected chi connectivity index (χ2v) is 4.00. The van der Waals surface area contributed by atoms with E-state index in [0.717, 1.165) is 0 Å². The number of anilines is 3. The summed E-state index contributed by atoms with van der Waals surface area (Å²) in [6.45, 7) is 4.16. The highest BCUT2D eigenvalue weighted by Gasteiger charge is 2.04. The van der Waals surface area contributed by atoms with Crippen molar-refractivity contribution in [3.8, 4) is 0 Å². The Morgan fingerprint density at radius 2 is 2.26 bits per heavy atom. The van der Waals surface area contributed by atoms with Gasteiger partial charge in [-0.1, -0.05) is 17.7 Å². The molecule has 98 valence electrons. The van der Waals surface area contributed by atoms with Crippen LogP contribution in [0.4, 0.5) is 21.8 Å². The summed E-state index contributed by atoms with van der Waals surface area (Å²) in [5.41, 5.74) is 0.578. The average molecular weight is 280 g/mol. The quantitative estimate of drug-likeness (QED) is 0.824. The summed E-state index contributed by atoms with van der Waals surface area (Å²) >= 11 is 5.68. The Hall–Kier alpha value is -2.21. The van der Waals surface area contributed by atoms with E-state index in [9.17, 15) is 4.39 Å². The molecule has 1 aromatic carbocycles. The first kappa shape index (κ1) is 13.2. The van der Waals surface area contributed by atoms with Crippen molar-refractivity contribution in [1.82, 2.24) is 15.2 Å². The highest BCUT2D eigenvalue weighted by Crippen LogP contribution is 2.21. The van der Waals surface area contributed by atoms with Crippen molar-refractivity contribution in [2.24, 2.45) is 0 Å². The molecule has 0 aliphatic heterocycles. The number of nitrogens with zero attached hydrogens (tertiary/aromatic N) is 3. The Balaban J connectivity index is 2.13. The lowest BCUT2D eigenvalue weighted by molar-refractivity contribution is 0.628. The number of nitrogens with one attached hydrogen (secondary N) is 2. The van der Waals surface area contributed by atoms with E-state index in [1.807, 2.05) is 0 Å². The molecule has 2 N–H and O–H groups in total. The van der Waals surface area contributed by atoms with Gasteiger partial charge in [0.1, 0.15) is 5.82 Å². The highest BCUT2D eigenvalue weighted by atomic mass is 35.5. The molecule has 19 heavy (non-hydrogen) atoms. The maximum Gasteiger partial charge on any atom is 0.249 e. The van der Waals surface area contributed by atoms with Crippen LogP contribution in [0.2, 0.25) is 5.02 Å². The lowest BCUT2D eigenvalue weighted by Gasteiger charge is -2.06. The monoisotopic (exact) mass is 279 g/mol. The predicted molar refractivity (Wildman–Crippen MR) is 73.2 cm³/mol. The van der Waals surface area contributed by atoms with Crippen LogP contribution >= 0.6 is 11.6 Å². The average Bonchev–Trinajstić information content (AvgIpc) is 2.41. The molecule has 0 aliphatic carbocycles. The van der Waals surface area contributed by atoms with Gasteiger partial charge in [0.25, 0.3) is 0 Å². The third-order valence-corrected chi connectivity index (χ3v) is 2.45. The fraction of sp³-hybridized carbons (Fsp3) is 0.0833. The molecule has 1 aromatic heterocycles. The van der Waals surface area contributed by atoms with Crippen LogP contribution in [0.3, 0.4) is 0 Å². The Labute approximate surface area is 114 Å². The zero-order valence-electron chi connectivity index (χ0n) is 9.90. The third-order valence-electron chi connectivity index (χ3n) is 2.16. The Bertz CT molecular complexity index is 590. The van der Waals surface area contributed by atoms with E-state index in [1.54, 1.807) is 6.08 Å². The number of aromatic nitrogens is 3. The fourth-order valence-electron chi connectivity index (χ4n) is 1.32. The number of halogens is 2. The molecule has 0 aliphatic rings. The summed E-state index contributed by atoms with van der Waals surface area (Å²) < 4.78 is 13.0. The molecule has 2 aromatic rings. The Morgan fingerprint density at radius 1 is 1.42 bits per heavy atom. The van der Waals surface area contributed by atoms with E-state index in [2.05, 4.69) is 32.4 Å². The summed E-state index contributed by atoms with van der Waals surface area (Å²) in [7, 11) is 0. The van der Waals surface area contributed by atoms with E-state index in [0.29, 0.717) is 18.1 Å². The van der Waals surface area contributed by atoms with Gasteiger partial charge < -0.3 is 10.6 Å². The maximum absolute atomic E-state index is 13.0. The molecule has 0 fully saturated rings. The van der Waals surface area contributed by atoms with Crippen LogP contribution in [0.25, 0.3) is 0 Å². The van der Waals surface area contributed by atoms with Gasteiger partial charge >= 0.3 is 0 Å². The molecule has 0 bridgehead atoms. The molecule has 0 saturated heterocycles. The van der Waals surface area contributed by atoms with Crippen LogP contribution in [0, 0.1) is 5.82 Å². The molecule has 0 unspecified atom stereocenters. The van der Waals surface area contributed by atoms with Crippen LogP contribution in [-0.4, -0.2) is 21.7 Å². The normalized spacial score (nSPS) is 10.0. The first-order chi connectivity index (χ1) is 9.19. The number of rotatable bonds is 5. The van der Waals surface area contributed by atoms with Gasteiger partial charge in [-0.05, 0) is 18.2 Å². The van der Waals surface area contributed by atoms with Crippen molar-refractivity contribution in [2.45, 2.75) is 0 Å². The summed E-state index contributed by atoms with van der Waals surface area (Å²) in [6.07, 6.45) is 3.20. The lowest BCUT2D eigenvalue weighted by Crippen LogP contribution is -2.05. The minimum atomic E-state index is -0.479. The molecule has 7 heteroatoms. The summed E-state index contributed by atoms with van der Waals surface area (Å²) in [5.74, 6) is 0.370. The van der Waals surface area contributed by atoms with E-state index in [1.165, 1.54) is 24.4 Å². The largest absolute Gasteiger partial charge is 0.365 e. The molecule has 5 nitrogen and oxygen atoms in total. The molecule has 0 amide bonds. The molecule has 0 spiro atoms. The van der Waals surface area contributed by atoms with Crippen LogP contribution in [-0.2, 0) is 0 Å². The van der Waals surface area contributed by atoms with Crippen molar-refractivity contribution in [3.63, 3.8) is 0 Å². The molecule has 0 saturated carbocycles. The van der Waals surface area contributed by atoms with Crippen molar-refractivity contribution < 1.29 is 4.39 Å². The van der Waals surface area contributed by atoms with Crippen LogP contribution in [0.15, 0.2) is 37.1 Å². The topological polar surface area (TPSA) is 62.7 Å². The van der Waals surface area contributed by atoms with Gasteiger partial charge in [0, 0.05) is 12.2 Å². The Morgan fingerprint density at radius 3 is 3.00 bits per heavy atom. The van der Waals surface area contributed by atoms with Crippen LogP contribution in [0.1, 0.15) is 0 Å². The van der Waals surface area contributed by atoms with Crippen LogP contribution < -0.4 is 10.6 Å². The molecular formula is C12H11ClFN5. The van der Waals surface area contributed by atoms with Crippen molar-refractivity contribution in [2.75, 3.05) is 17.2 Å². The van der Waals surface area contributed by atoms with Crippen molar-refractivity contribution in [1.29, 1.82) is 0 Å². The Kier molecular flexibility index (Phi) is 4.25. The van der Waals surface area contributed by atoms with Gasteiger partial charge in [-0.3, -0.25) is 0 Å². The minimum Gasteiger partial charge on any atom is -0.365 e. The number of benzene rings is 1. The standard InChI is InChI=1S/C12H11ClFN5/c1-2-5-15-11-7-16-19-12(18-11)17-8-3-4-10(14)9(13)6-8/h2-4,6-7H,1,5H2,(H2,15,17,18,19). The first-order valence-corrected chi connectivity index (χ1v) is 5.83. The predicted octanol–water partition coefficient (Wildman–Crippen LogP) is 3.01. The van der Waals surface area contributed by atoms with E-state index in [-0.39, 0.29) is 11.0 Å². The van der Waals surface area contributed by atoms with E-state index in [4.69, 9.17) is 11.6 Å². The zero-order valence-corrected chi connectivity index (χ0v) is 10.7. The van der Waals surface area contributed by atoms with Crippen molar-refractivity contribution >= 4 is 29.1 Å². The van der Waals surface area contributed by atoms with Gasteiger partial charge in [-0.15, -0.1) is 11.7 Å².